The molecule has 0 amide bonds. The van der Waals surface area contributed by atoms with Gasteiger partial charge in [0.25, 0.3) is 0 Å². The highest BCUT2D eigenvalue weighted by Gasteiger charge is 2.39. The molecule has 1 aliphatic heterocycles. The fourth-order valence-electron chi connectivity index (χ4n) is 1.58. The maximum absolute atomic E-state index is 9.25. The molecule has 1 heterocycles. The summed E-state index contributed by atoms with van der Waals surface area (Å²) in [5, 5.41) is 9.25. The molecule has 4 heteroatoms. The van der Waals surface area contributed by atoms with E-state index in [-0.39, 0.29) is 12.0 Å². The van der Waals surface area contributed by atoms with Crippen molar-refractivity contribution < 1.29 is 19.3 Å². The number of benzene rings is 1. The first-order valence-electron chi connectivity index (χ1n) is 5.24. The smallest absolute Gasteiger partial charge is 0.161 e. The van der Waals surface area contributed by atoms with Crippen LogP contribution in [0.3, 0.4) is 0 Å². The summed E-state index contributed by atoms with van der Waals surface area (Å²) < 4.78 is 15.9. The molecule has 4 nitrogen and oxygen atoms in total. The molecule has 0 unspecified atom stereocenters. The SMILES string of the molecule is COc1ccccc1OCC1(CO)COC1. The highest BCUT2D eigenvalue weighted by Crippen LogP contribution is 2.31. The van der Waals surface area contributed by atoms with Crippen LogP contribution in [0.1, 0.15) is 0 Å². The topological polar surface area (TPSA) is 47.9 Å². The second-order valence-corrected chi connectivity index (χ2v) is 4.09. The zero-order valence-corrected chi connectivity index (χ0v) is 9.31. The fraction of sp³-hybridized carbons (Fsp3) is 0.500. The number of hydrogen-bond acceptors (Lipinski definition) is 4. The predicted octanol–water partition coefficient (Wildman–Crippen LogP) is 1.08. The third kappa shape index (κ3) is 2.13. The summed E-state index contributed by atoms with van der Waals surface area (Å²) in [6.07, 6.45) is 0. The fourth-order valence-corrected chi connectivity index (χ4v) is 1.58. The molecule has 1 aromatic rings. The number of aliphatic hydroxyl groups excluding tert-OH is 1. The summed E-state index contributed by atoms with van der Waals surface area (Å²) in [7, 11) is 1.61. The normalized spacial score (nSPS) is 17.6. The molecule has 88 valence electrons. The summed E-state index contributed by atoms with van der Waals surface area (Å²) in [5.74, 6) is 1.40. The van der Waals surface area contributed by atoms with Crippen molar-refractivity contribution >= 4 is 0 Å². The summed E-state index contributed by atoms with van der Waals surface area (Å²) in [6, 6.07) is 7.47. The second-order valence-electron chi connectivity index (χ2n) is 4.09. The minimum atomic E-state index is -0.235. The lowest BCUT2D eigenvalue weighted by atomic mass is 9.88. The zero-order valence-electron chi connectivity index (χ0n) is 9.31. The Morgan fingerprint density at radius 3 is 2.50 bits per heavy atom. The average Bonchev–Trinajstić information content (AvgIpc) is 2.29. The predicted molar refractivity (Wildman–Crippen MR) is 58.8 cm³/mol. The summed E-state index contributed by atoms with van der Waals surface area (Å²) in [4.78, 5) is 0. The van der Waals surface area contributed by atoms with Crippen molar-refractivity contribution in [3.8, 4) is 11.5 Å². The van der Waals surface area contributed by atoms with Crippen molar-refractivity contribution in [1.82, 2.24) is 0 Å². The first kappa shape index (κ1) is 11.2. The van der Waals surface area contributed by atoms with E-state index in [1.54, 1.807) is 7.11 Å². The maximum Gasteiger partial charge on any atom is 0.161 e. The molecular weight excluding hydrogens is 208 g/mol. The molecule has 1 aromatic carbocycles. The minimum Gasteiger partial charge on any atom is -0.493 e. The van der Waals surface area contributed by atoms with E-state index >= 15 is 0 Å². The lowest BCUT2D eigenvalue weighted by Crippen LogP contribution is -2.49. The number of aliphatic hydroxyl groups is 1. The van der Waals surface area contributed by atoms with Crippen LogP contribution in [0, 0.1) is 5.41 Å². The standard InChI is InChI=1S/C12H16O4/c1-14-10-4-2-3-5-11(10)16-9-12(6-13)7-15-8-12/h2-5,13H,6-9H2,1H3. The second kappa shape index (κ2) is 4.72. The van der Waals surface area contributed by atoms with Gasteiger partial charge in [0, 0.05) is 0 Å². The highest BCUT2D eigenvalue weighted by molar-refractivity contribution is 5.39. The summed E-state index contributed by atoms with van der Waals surface area (Å²) in [6.45, 7) is 1.64. The molecule has 0 atom stereocenters. The molecule has 0 spiro atoms. The van der Waals surface area contributed by atoms with Gasteiger partial charge in [-0.1, -0.05) is 12.1 Å². The van der Waals surface area contributed by atoms with Gasteiger partial charge in [-0.05, 0) is 12.1 Å². The highest BCUT2D eigenvalue weighted by atomic mass is 16.5. The molecule has 1 aliphatic rings. The summed E-state index contributed by atoms with van der Waals surface area (Å²) >= 11 is 0. The maximum atomic E-state index is 9.25. The molecular formula is C12H16O4. The summed E-state index contributed by atoms with van der Waals surface area (Å²) in [5.41, 5.74) is -0.235. The lowest BCUT2D eigenvalue weighted by molar-refractivity contribution is -0.153. The van der Waals surface area contributed by atoms with Crippen molar-refractivity contribution in [1.29, 1.82) is 0 Å². The van der Waals surface area contributed by atoms with E-state index in [2.05, 4.69) is 0 Å². The van der Waals surface area contributed by atoms with Crippen LogP contribution in [0.4, 0.5) is 0 Å². The Morgan fingerprint density at radius 2 is 2.00 bits per heavy atom. The van der Waals surface area contributed by atoms with Crippen LogP contribution in [0.5, 0.6) is 11.5 Å². The van der Waals surface area contributed by atoms with Crippen LogP contribution in [-0.4, -0.2) is 38.6 Å². The van der Waals surface area contributed by atoms with Gasteiger partial charge in [0.05, 0.1) is 32.3 Å². The quantitative estimate of drug-likeness (QED) is 0.813. The third-order valence-corrected chi connectivity index (χ3v) is 2.75. The van der Waals surface area contributed by atoms with Gasteiger partial charge >= 0.3 is 0 Å². The molecule has 1 N–H and O–H groups in total. The minimum absolute atomic E-state index is 0.0855. The Kier molecular flexibility index (Phi) is 3.31. The van der Waals surface area contributed by atoms with E-state index in [9.17, 15) is 5.11 Å². The Balaban J connectivity index is 1.98. The van der Waals surface area contributed by atoms with E-state index in [1.807, 2.05) is 24.3 Å². The zero-order chi connectivity index (χ0) is 11.4. The van der Waals surface area contributed by atoms with Crippen LogP contribution in [0.15, 0.2) is 24.3 Å². The van der Waals surface area contributed by atoms with Crippen molar-refractivity contribution in [2.24, 2.45) is 5.41 Å². The van der Waals surface area contributed by atoms with Gasteiger partial charge in [-0.3, -0.25) is 0 Å². The van der Waals surface area contributed by atoms with Crippen LogP contribution >= 0.6 is 0 Å². The van der Waals surface area contributed by atoms with Crippen LogP contribution in [0.25, 0.3) is 0 Å². The number of para-hydroxylation sites is 2. The molecule has 1 saturated heterocycles. The Bertz CT molecular complexity index is 341. The molecule has 1 fully saturated rings. The molecule has 16 heavy (non-hydrogen) atoms. The first-order chi connectivity index (χ1) is 7.79. The third-order valence-electron chi connectivity index (χ3n) is 2.75. The molecule has 0 aliphatic carbocycles. The Hall–Kier alpha value is -1.26. The van der Waals surface area contributed by atoms with Gasteiger partial charge in [0.2, 0.25) is 0 Å². The van der Waals surface area contributed by atoms with Gasteiger partial charge < -0.3 is 19.3 Å². The van der Waals surface area contributed by atoms with Crippen molar-refractivity contribution in [2.45, 2.75) is 0 Å². The van der Waals surface area contributed by atoms with Crippen molar-refractivity contribution in [3.05, 3.63) is 24.3 Å². The van der Waals surface area contributed by atoms with E-state index in [4.69, 9.17) is 14.2 Å². The molecule has 0 bridgehead atoms. The number of ether oxygens (including phenoxy) is 3. The van der Waals surface area contributed by atoms with Gasteiger partial charge in [0.1, 0.15) is 6.61 Å². The monoisotopic (exact) mass is 224 g/mol. The average molecular weight is 224 g/mol. The van der Waals surface area contributed by atoms with E-state index < -0.39 is 0 Å². The van der Waals surface area contributed by atoms with Gasteiger partial charge in [-0.25, -0.2) is 0 Å². The van der Waals surface area contributed by atoms with E-state index in [0.29, 0.717) is 31.3 Å². The van der Waals surface area contributed by atoms with E-state index in [0.717, 1.165) is 0 Å². The van der Waals surface area contributed by atoms with Gasteiger partial charge in [0.15, 0.2) is 11.5 Å². The van der Waals surface area contributed by atoms with Gasteiger partial charge in [-0.2, -0.15) is 0 Å². The lowest BCUT2D eigenvalue weighted by Gasteiger charge is -2.39. The van der Waals surface area contributed by atoms with Crippen LogP contribution < -0.4 is 9.47 Å². The number of methoxy groups -OCH3 is 1. The number of hydrogen-bond donors (Lipinski definition) is 1. The van der Waals surface area contributed by atoms with Crippen LogP contribution in [-0.2, 0) is 4.74 Å². The Labute approximate surface area is 94.8 Å². The number of rotatable bonds is 5. The largest absolute Gasteiger partial charge is 0.493 e. The Morgan fingerprint density at radius 1 is 1.31 bits per heavy atom. The van der Waals surface area contributed by atoms with Crippen LogP contribution in [0.2, 0.25) is 0 Å². The van der Waals surface area contributed by atoms with E-state index in [1.165, 1.54) is 0 Å². The van der Waals surface area contributed by atoms with Crippen molar-refractivity contribution in [2.75, 3.05) is 33.5 Å². The molecule has 0 saturated carbocycles. The van der Waals surface area contributed by atoms with Gasteiger partial charge in [-0.15, -0.1) is 0 Å². The first-order valence-corrected chi connectivity index (χ1v) is 5.24. The molecule has 0 aromatic heterocycles. The van der Waals surface area contributed by atoms with Crippen molar-refractivity contribution in [3.63, 3.8) is 0 Å². The molecule has 2 rings (SSSR count). The molecule has 0 radical (unpaired) electrons.